The smallest absolute Gasteiger partial charge is 0.343 e. The Kier molecular flexibility index (Phi) is 10.4. The average Bonchev–Trinajstić information content (AvgIpc) is 2.85. The Morgan fingerprint density at radius 1 is 1.02 bits per heavy atom. The van der Waals surface area contributed by atoms with Gasteiger partial charge in [0.1, 0.15) is 6.07 Å². The first-order valence-corrected chi connectivity index (χ1v) is 15.6. The lowest BCUT2D eigenvalue weighted by atomic mass is 9.42. The Labute approximate surface area is 257 Å². The maximum absolute atomic E-state index is 13.4. The second-order valence-corrected chi connectivity index (χ2v) is 15.9. The molecule has 0 bridgehead atoms. The number of hydrogen-bond donors (Lipinski definition) is 1. The zero-order chi connectivity index (χ0) is 33.4. The van der Waals surface area contributed by atoms with Crippen LogP contribution in [0.25, 0.3) is 0 Å². The summed E-state index contributed by atoms with van der Waals surface area (Å²) in [7, 11) is 0. The number of fused-ring (bicyclic) bond motifs is 1. The van der Waals surface area contributed by atoms with Gasteiger partial charge in [-0.15, -0.1) is 0 Å². The summed E-state index contributed by atoms with van der Waals surface area (Å²) in [6.07, 6.45) is 3.52. The molecule has 43 heavy (non-hydrogen) atoms. The first kappa shape index (κ1) is 36.8. The third-order valence-electron chi connectivity index (χ3n) is 11.2. The van der Waals surface area contributed by atoms with Gasteiger partial charge in [-0.2, -0.15) is 18.4 Å². The number of allylic oxidation sites excluding steroid dienone is 4. The van der Waals surface area contributed by atoms with E-state index in [2.05, 4.69) is 52.9 Å². The maximum atomic E-state index is 13.4. The molecule has 1 amide bonds. The van der Waals surface area contributed by atoms with Crippen LogP contribution in [0.1, 0.15) is 128 Å². The highest BCUT2D eigenvalue weighted by Gasteiger charge is 2.61. The predicted octanol–water partition coefficient (Wildman–Crippen LogP) is 8.83. The third-order valence-corrected chi connectivity index (χ3v) is 11.2. The van der Waals surface area contributed by atoms with Crippen molar-refractivity contribution in [3.63, 3.8) is 0 Å². The number of carbonyl (C=O) groups is 3. The Balaban J connectivity index is 2.57. The number of hydrogen-bond acceptors (Lipinski definition) is 4. The van der Waals surface area contributed by atoms with E-state index in [9.17, 15) is 32.8 Å². The van der Waals surface area contributed by atoms with Gasteiger partial charge in [-0.3, -0.25) is 14.4 Å². The van der Waals surface area contributed by atoms with Crippen molar-refractivity contribution < 1.29 is 27.6 Å². The lowest BCUT2D eigenvalue weighted by Crippen LogP contribution is -2.56. The van der Waals surface area contributed by atoms with Crippen LogP contribution in [0.4, 0.5) is 13.2 Å². The standard InChI is InChI=1S/C35H53F3N2O3/c1-12-14-29(3,4)16-18-32(9,40-28(43)35(36,37)38)19-17-30(5,6)34(11)15-13-25-31(7,8)27(42)24(22-39)21-33(25,10)26(34)20-23(2)41/h20-21,25H,12-19H2,1-11H3,(H,40,43)/b26-20-/t25-,32-,33-,34+/m0/s1. The van der Waals surface area contributed by atoms with Gasteiger partial charge in [0, 0.05) is 16.4 Å². The molecule has 5 nitrogen and oxygen atoms in total. The topological polar surface area (TPSA) is 87.0 Å². The molecule has 2 rings (SSSR count). The van der Waals surface area contributed by atoms with Crippen LogP contribution in [0, 0.1) is 44.3 Å². The van der Waals surface area contributed by atoms with E-state index < -0.39 is 39.3 Å². The Bertz CT molecular complexity index is 1220. The van der Waals surface area contributed by atoms with Crippen molar-refractivity contribution in [3.05, 3.63) is 23.3 Å². The molecule has 0 saturated heterocycles. The molecule has 1 fully saturated rings. The van der Waals surface area contributed by atoms with E-state index in [-0.39, 0.29) is 28.5 Å². The van der Waals surface area contributed by atoms with Gasteiger partial charge < -0.3 is 5.32 Å². The number of alkyl halides is 3. The molecule has 0 spiro atoms. The quantitative estimate of drug-likeness (QED) is 0.238. The minimum atomic E-state index is -4.98. The van der Waals surface area contributed by atoms with Crippen molar-refractivity contribution >= 4 is 17.5 Å². The molecular weight excluding hydrogens is 553 g/mol. The lowest BCUT2D eigenvalue weighted by Gasteiger charge is -2.61. The monoisotopic (exact) mass is 606 g/mol. The molecule has 0 aromatic heterocycles. The number of halogens is 3. The molecule has 4 atom stereocenters. The van der Waals surface area contributed by atoms with E-state index in [1.165, 1.54) is 6.92 Å². The highest BCUT2D eigenvalue weighted by molar-refractivity contribution is 6.04. The van der Waals surface area contributed by atoms with Gasteiger partial charge in [-0.05, 0) is 87.0 Å². The van der Waals surface area contributed by atoms with Gasteiger partial charge in [0.15, 0.2) is 11.6 Å². The van der Waals surface area contributed by atoms with Gasteiger partial charge in [0.05, 0.1) is 5.57 Å². The van der Waals surface area contributed by atoms with Crippen LogP contribution in [0.3, 0.4) is 0 Å². The molecule has 0 heterocycles. The number of rotatable bonds is 11. The number of nitrogens with zero attached hydrogens (tertiary/aromatic N) is 1. The summed E-state index contributed by atoms with van der Waals surface area (Å²) in [6.45, 7) is 21.5. The molecule has 2 aliphatic carbocycles. The van der Waals surface area contributed by atoms with Crippen LogP contribution in [0.2, 0.25) is 0 Å². The first-order chi connectivity index (χ1) is 19.3. The third kappa shape index (κ3) is 7.45. The fourth-order valence-electron chi connectivity index (χ4n) is 7.99. The number of amides is 1. The summed E-state index contributed by atoms with van der Waals surface area (Å²) in [5.74, 6) is -2.39. The van der Waals surface area contributed by atoms with Gasteiger partial charge in [0.25, 0.3) is 0 Å². The fourth-order valence-corrected chi connectivity index (χ4v) is 7.99. The first-order valence-electron chi connectivity index (χ1n) is 15.6. The van der Waals surface area contributed by atoms with Gasteiger partial charge >= 0.3 is 12.1 Å². The minimum absolute atomic E-state index is 0.0825. The second-order valence-electron chi connectivity index (χ2n) is 15.9. The Hall–Kier alpha value is -2.43. The van der Waals surface area contributed by atoms with Crippen LogP contribution >= 0.6 is 0 Å². The number of nitrogens with one attached hydrogen (secondary N) is 1. The van der Waals surface area contributed by atoms with E-state index in [4.69, 9.17) is 0 Å². The SMILES string of the molecule is CCCC(C)(C)CC[C@@](C)(CCC(C)(C)[C@]1(C)CC[C@H]2C(C)(C)C(=O)C(C#N)=C[C@]2(C)/C1=C/C(C)=O)NC(=O)C(F)(F)F. The molecule has 0 aromatic carbocycles. The fraction of sp³-hybridized carbons (Fsp3) is 0.771. The van der Waals surface area contributed by atoms with Gasteiger partial charge in [-0.25, -0.2) is 0 Å². The minimum Gasteiger partial charge on any atom is -0.343 e. The normalized spacial score (nSPS) is 28.4. The highest BCUT2D eigenvalue weighted by Crippen LogP contribution is 2.67. The van der Waals surface area contributed by atoms with Crippen molar-refractivity contribution in [2.75, 3.05) is 0 Å². The van der Waals surface area contributed by atoms with Gasteiger partial charge in [-0.1, -0.05) is 80.4 Å². The molecule has 2 aliphatic rings. The van der Waals surface area contributed by atoms with Crippen molar-refractivity contribution in [2.45, 2.75) is 139 Å². The van der Waals surface area contributed by atoms with Crippen molar-refractivity contribution in [1.29, 1.82) is 5.26 Å². The van der Waals surface area contributed by atoms with E-state index in [0.29, 0.717) is 38.5 Å². The van der Waals surface area contributed by atoms with Crippen LogP contribution in [0.15, 0.2) is 23.3 Å². The summed E-state index contributed by atoms with van der Waals surface area (Å²) in [5, 5.41) is 12.2. The number of ketones is 2. The largest absolute Gasteiger partial charge is 0.471 e. The number of nitriles is 1. The summed E-state index contributed by atoms with van der Waals surface area (Å²) >= 11 is 0. The van der Waals surface area contributed by atoms with Crippen LogP contribution in [0.5, 0.6) is 0 Å². The summed E-state index contributed by atoms with van der Waals surface area (Å²) in [5.41, 5.74) is -2.86. The molecule has 0 aromatic rings. The molecule has 0 radical (unpaired) electrons. The predicted molar refractivity (Wildman–Crippen MR) is 164 cm³/mol. The van der Waals surface area contributed by atoms with Crippen molar-refractivity contribution in [2.24, 2.45) is 33.0 Å². The summed E-state index contributed by atoms with van der Waals surface area (Å²) in [6, 6.07) is 2.09. The van der Waals surface area contributed by atoms with E-state index in [1.54, 1.807) is 19.1 Å². The summed E-state index contributed by atoms with van der Waals surface area (Å²) < 4.78 is 40.3. The molecule has 1 N–H and O–H groups in total. The van der Waals surface area contributed by atoms with Crippen LogP contribution in [-0.4, -0.2) is 29.2 Å². The zero-order valence-corrected chi connectivity index (χ0v) is 28.2. The Morgan fingerprint density at radius 2 is 1.58 bits per heavy atom. The lowest BCUT2D eigenvalue weighted by molar-refractivity contribution is -0.176. The van der Waals surface area contributed by atoms with Gasteiger partial charge in [0.2, 0.25) is 0 Å². The van der Waals surface area contributed by atoms with Crippen LogP contribution < -0.4 is 5.32 Å². The second kappa shape index (κ2) is 12.2. The Morgan fingerprint density at radius 3 is 2.07 bits per heavy atom. The maximum Gasteiger partial charge on any atom is 0.471 e. The molecule has 0 aliphatic heterocycles. The molecular formula is C35H53F3N2O3. The molecule has 242 valence electrons. The molecule has 8 heteroatoms. The summed E-state index contributed by atoms with van der Waals surface area (Å²) in [4.78, 5) is 38.1. The van der Waals surface area contributed by atoms with E-state index >= 15 is 0 Å². The molecule has 1 saturated carbocycles. The number of Topliss-reactive ketones (excluding diaryl/α,β-unsaturated/α-hetero) is 1. The van der Waals surface area contributed by atoms with Crippen LogP contribution in [-0.2, 0) is 14.4 Å². The average molecular weight is 607 g/mol. The van der Waals surface area contributed by atoms with E-state index in [0.717, 1.165) is 18.4 Å². The van der Waals surface area contributed by atoms with Crippen molar-refractivity contribution in [1.82, 2.24) is 5.32 Å². The number of carbonyl (C=O) groups excluding carboxylic acids is 3. The zero-order valence-electron chi connectivity index (χ0n) is 28.2. The van der Waals surface area contributed by atoms with Crippen molar-refractivity contribution in [3.8, 4) is 6.07 Å². The highest BCUT2D eigenvalue weighted by atomic mass is 19.4. The van der Waals surface area contributed by atoms with E-state index in [1.807, 2.05) is 20.8 Å². The molecule has 0 unspecified atom stereocenters.